The van der Waals surface area contributed by atoms with Crippen molar-refractivity contribution in [1.29, 1.82) is 0 Å². The number of benzene rings is 3. The fourth-order valence-electron chi connectivity index (χ4n) is 5.56. The number of esters is 1. The highest BCUT2D eigenvalue weighted by Gasteiger charge is 2.56. The van der Waals surface area contributed by atoms with Crippen molar-refractivity contribution in [3.63, 3.8) is 0 Å². The summed E-state index contributed by atoms with van der Waals surface area (Å²) in [4.78, 5) is 44.2. The predicted molar refractivity (Wildman–Crippen MR) is 151 cm³/mol. The van der Waals surface area contributed by atoms with Gasteiger partial charge in [0, 0.05) is 20.6 Å². The summed E-state index contributed by atoms with van der Waals surface area (Å²) < 4.78 is 4.90. The molecule has 7 nitrogen and oxygen atoms in total. The lowest BCUT2D eigenvalue weighted by Crippen LogP contribution is -2.50. The molecule has 2 amide bonds. The van der Waals surface area contributed by atoms with Gasteiger partial charge < -0.3 is 14.5 Å². The molecule has 2 unspecified atom stereocenters. The van der Waals surface area contributed by atoms with Crippen LogP contribution >= 0.6 is 0 Å². The van der Waals surface area contributed by atoms with Gasteiger partial charge in [0.1, 0.15) is 12.1 Å². The second-order valence-corrected chi connectivity index (χ2v) is 10.4. The van der Waals surface area contributed by atoms with Crippen molar-refractivity contribution in [2.45, 2.75) is 31.5 Å². The Morgan fingerprint density at radius 1 is 0.846 bits per heavy atom. The third-order valence-electron chi connectivity index (χ3n) is 7.54. The highest BCUT2D eigenvalue weighted by atomic mass is 16.5. The smallest absolute Gasteiger partial charge is 0.328 e. The fraction of sp³-hybridized carbons (Fsp3) is 0.344. The molecule has 1 aliphatic rings. The zero-order chi connectivity index (χ0) is 28.2. The van der Waals surface area contributed by atoms with E-state index in [4.69, 9.17) is 4.74 Å². The molecule has 1 fully saturated rings. The maximum Gasteiger partial charge on any atom is 0.328 e. The van der Waals surface area contributed by atoms with Gasteiger partial charge in [0.25, 0.3) is 0 Å². The van der Waals surface area contributed by atoms with E-state index in [1.807, 2.05) is 68.4 Å². The van der Waals surface area contributed by atoms with Gasteiger partial charge in [-0.05, 0) is 22.6 Å². The number of methoxy groups -OCH3 is 1. The molecule has 0 spiro atoms. The van der Waals surface area contributed by atoms with E-state index in [1.165, 1.54) is 16.9 Å². The first-order valence-electron chi connectivity index (χ1n) is 13.2. The standard InChI is InChI=1S/C32H37N3O4/c1-23(2)29(31(38)39-5)34(4)28(36)22-33(3)30(37)27-21-35(27)32(24-15-9-6-10-16-24,25-17-11-7-12-18-25)26-19-13-8-14-20-26/h6-20,23,27,29H,21-22H2,1-5H3/t27?,29-,35?/m0/s1. The van der Waals surface area contributed by atoms with Crippen molar-refractivity contribution in [2.75, 3.05) is 34.3 Å². The van der Waals surface area contributed by atoms with Crippen molar-refractivity contribution >= 4 is 17.8 Å². The van der Waals surface area contributed by atoms with Crippen molar-refractivity contribution in [3.05, 3.63) is 108 Å². The molecule has 0 aromatic heterocycles. The van der Waals surface area contributed by atoms with Crippen molar-refractivity contribution in [2.24, 2.45) is 5.92 Å². The van der Waals surface area contributed by atoms with Gasteiger partial charge in [-0.15, -0.1) is 0 Å². The van der Waals surface area contributed by atoms with Gasteiger partial charge >= 0.3 is 5.97 Å². The van der Waals surface area contributed by atoms with Crippen molar-refractivity contribution in [1.82, 2.24) is 14.7 Å². The highest BCUT2D eigenvalue weighted by Crippen LogP contribution is 2.48. The van der Waals surface area contributed by atoms with Crippen molar-refractivity contribution in [3.8, 4) is 0 Å². The first-order valence-corrected chi connectivity index (χ1v) is 13.2. The van der Waals surface area contributed by atoms with Crippen LogP contribution in [0.3, 0.4) is 0 Å². The number of carbonyl (C=O) groups is 3. The molecule has 0 saturated carbocycles. The zero-order valence-corrected chi connectivity index (χ0v) is 23.3. The van der Waals surface area contributed by atoms with Gasteiger partial charge in [-0.25, -0.2) is 4.79 Å². The van der Waals surface area contributed by atoms with E-state index in [-0.39, 0.29) is 24.3 Å². The molecule has 0 radical (unpaired) electrons. The molecular formula is C32H37N3O4. The molecule has 1 saturated heterocycles. The Balaban J connectivity index is 1.64. The Hall–Kier alpha value is -3.97. The van der Waals surface area contributed by atoms with E-state index >= 15 is 0 Å². The molecule has 1 aliphatic heterocycles. The molecule has 0 aliphatic carbocycles. The number of amides is 2. The van der Waals surface area contributed by atoms with Gasteiger partial charge in [0.15, 0.2) is 0 Å². The Morgan fingerprint density at radius 2 is 1.28 bits per heavy atom. The maximum absolute atomic E-state index is 13.7. The van der Waals surface area contributed by atoms with E-state index in [2.05, 4.69) is 41.3 Å². The number of carbonyl (C=O) groups excluding carboxylic acids is 3. The van der Waals surface area contributed by atoms with Crippen LogP contribution in [0.1, 0.15) is 30.5 Å². The quantitative estimate of drug-likeness (QED) is 0.228. The second kappa shape index (κ2) is 11.8. The molecule has 0 N–H and O–H groups in total. The molecule has 4 rings (SSSR count). The van der Waals surface area contributed by atoms with E-state index < -0.39 is 23.6 Å². The average Bonchev–Trinajstić information content (AvgIpc) is 3.75. The molecule has 39 heavy (non-hydrogen) atoms. The summed E-state index contributed by atoms with van der Waals surface area (Å²) in [5, 5.41) is 0. The lowest BCUT2D eigenvalue weighted by atomic mass is 9.76. The van der Waals surface area contributed by atoms with Gasteiger partial charge in [0.05, 0.1) is 19.2 Å². The molecule has 204 valence electrons. The van der Waals surface area contributed by atoms with E-state index in [0.29, 0.717) is 6.54 Å². The van der Waals surface area contributed by atoms with E-state index in [9.17, 15) is 14.4 Å². The zero-order valence-electron chi connectivity index (χ0n) is 23.3. The van der Waals surface area contributed by atoms with Gasteiger partial charge in [0.2, 0.25) is 11.8 Å². The molecular weight excluding hydrogens is 490 g/mol. The third kappa shape index (κ3) is 5.45. The number of likely N-dealkylation sites (N-methyl/N-ethyl adjacent to an activating group) is 2. The molecule has 3 aromatic rings. The Labute approximate surface area is 231 Å². The Morgan fingerprint density at radius 3 is 1.67 bits per heavy atom. The summed E-state index contributed by atoms with van der Waals surface area (Å²) in [6.45, 7) is 4.13. The number of ether oxygens (including phenoxy) is 1. The van der Waals surface area contributed by atoms with Crippen LogP contribution in [-0.2, 0) is 24.7 Å². The molecule has 3 atom stereocenters. The molecule has 7 heteroatoms. The number of nitrogens with zero attached hydrogens (tertiary/aromatic N) is 3. The highest BCUT2D eigenvalue weighted by molar-refractivity contribution is 5.91. The van der Waals surface area contributed by atoms with Crippen LogP contribution in [0.15, 0.2) is 91.0 Å². The van der Waals surface area contributed by atoms with Crippen molar-refractivity contribution < 1.29 is 19.1 Å². The first-order chi connectivity index (χ1) is 18.7. The van der Waals surface area contributed by atoms with Gasteiger partial charge in [-0.1, -0.05) is 105 Å². The molecule has 0 bridgehead atoms. The maximum atomic E-state index is 13.7. The predicted octanol–water partition coefficient (Wildman–Crippen LogP) is 3.78. The fourth-order valence-corrected chi connectivity index (χ4v) is 5.56. The van der Waals surface area contributed by atoms with Gasteiger partial charge in [-0.2, -0.15) is 0 Å². The largest absolute Gasteiger partial charge is 0.467 e. The summed E-state index contributed by atoms with van der Waals surface area (Å²) >= 11 is 0. The van der Waals surface area contributed by atoms with Crippen LogP contribution in [0.5, 0.6) is 0 Å². The van der Waals surface area contributed by atoms with Crippen LogP contribution < -0.4 is 0 Å². The Kier molecular flexibility index (Phi) is 8.51. The minimum atomic E-state index is -0.717. The Bertz CT molecular complexity index is 1180. The number of rotatable bonds is 10. The molecule has 1 heterocycles. The number of hydrogen-bond acceptors (Lipinski definition) is 5. The lowest BCUT2D eigenvalue weighted by molar-refractivity contribution is -0.154. The minimum absolute atomic E-state index is 0.130. The normalized spacial score (nSPS) is 17.3. The topological polar surface area (TPSA) is 69.9 Å². The van der Waals surface area contributed by atoms with E-state index in [0.717, 1.165) is 16.7 Å². The van der Waals surface area contributed by atoms with Crippen LogP contribution in [-0.4, -0.2) is 78.9 Å². The van der Waals surface area contributed by atoms with Crippen LogP contribution in [0.25, 0.3) is 0 Å². The summed E-state index contributed by atoms with van der Waals surface area (Å²) in [7, 11) is 4.53. The SMILES string of the molecule is COC(=O)[C@H](C(C)C)N(C)C(=O)CN(C)C(=O)C1CN1C(c1ccccc1)(c1ccccc1)c1ccccc1. The summed E-state index contributed by atoms with van der Waals surface area (Å²) in [6, 6.07) is 29.5. The average molecular weight is 528 g/mol. The second-order valence-electron chi connectivity index (χ2n) is 10.4. The lowest BCUT2D eigenvalue weighted by Gasteiger charge is -2.38. The summed E-state index contributed by atoms with van der Waals surface area (Å²) in [5.74, 6) is -1.05. The minimum Gasteiger partial charge on any atom is -0.467 e. The van der Waals surface area contributed by atoms with Crippen LogP contribution in [0.4, 0.5) is 0 Å². The monoisotopic (exact) mass is 527 g/mol. The third-order valence-corrected chi connectivity index (χ3v) is 7.54. The number of hydrogen-bond donors (Lipinski definition) is 0. The summed E-state index contributed by atoms with van der Waals surface area (Å²) in [5.41, 5.74) is 2.51. The van der Waals surface area contributed by atoms with Crippen LogP contribution in [0.2, 0.25) is 0 Å². The van der Waals surface area contributed by atoms with E-state index in [1.54, 1.807) is 14.1 Å². The van der Waals surface area contributed by atoms with Gasteiger partial charge in [-0.3, -0.25) is 14.5 Å². The molecule has 3 aromatic carbocycles. The summed E-state index contributed by atoms with van der Waals surface area (Å²) in [6.07, 6.45) is 0. The van der Waals surface area contributed by atoms with Crippen LogP contribution in [0, 0.1) is 5.92 Å². The first kappa shape index (κ1) is 28.0.